The van der Waals surface area contributed by atoms with Crippen molar-refractivity contribution < 1.29 is 4.74 Å². The number of hydrogen-bond acceptors (Lipinski definition) is 2. The first-order valence-corrected chi connectivity index (χ1v) is 7.41. The van der Waals surface area contributed by atoms with Crippen molar-refractivity contribution in [2.24, 2.45) is 0 Å². The SMILES string of the molecule is COc1ncc(-c2ccccc2)cc1Cc1ccccc1C. The molecule has 0 aliphatic rings. The lowest BCUT2D eigenvalue weighted by Gasteiger charge is -2.11. The minimum Gasteiger partial charge on any atom is -0.481 e. The van der Waals surface area contributed by atoms with E-state index in [1.54, 1.807) is 7.11 Å². The van der Waals surface area contributed by atoms with Gasteiger partial charge in [-0.1, -0.05) is 54.6 Å². The Balaban J connectivity index is 2.00. The molecule has 2 aromatic carbocycles. The second kappa shape index (κ2) is 6.44. The Labute approximate surface area is 131 Å². The summed E-state index contributed by atoms with van der Waals surface area (Å²) in [6.45, 7) is 2.14. The van der Waals surface area contributed by atoms with Gasteiger partial charge in [-0.05, 0) is 29.7 Å². The van der Waals surface area contributed by atoms with Crippen LogP contribution in [0.1, 0.15) is 16.7 Å². The second-order valence-corrected chi connectivity index (χ2v) is 5.36. The average molecular weight is 289 g/mol. The number of benzene rings is 2. The lowest BCUT2D eigenvalue weighted by atomic mass is 9.99. The highest BCUT2D eigenvalue weighted by molar-refractivity contribution is 5.64. The number of aryl methyl sites for hydroxylation is 1. The summed E-state index contributed by atoms with van der Waals surface area (Å²) in [5.41, 5.74) is 5.98. The molecule has 0 unspecified atom stereocenters. The van der Waals surface area contributed by atoms with Crippen LogP contribution < -0.4 is 4.74 Å². The van der Waals surface area contributed by atoms with Crippen molar-refractivity contribution in [2.75, 3.05) is 7.11 Å². The summed E-state index contributed by atoms with van der Waals surface area (Å²) in [5.74, 6) is 0.697. The summed E-state index contributed by atoms with van der Waals surface area (Å²) in [6.07, 6.45) is 2.69. The maximum absolute atomic E-state index is 5.44. The van der Waals surface area contributed by atoms with Crippen molar-refractivity contribution in [2.45, 2.75) is 13.3 Å². The quantitative estimate of drug-likeness (QED) is 0.697. The van der Waals surface area contributed by atoms with E-state index in [4.69, 9.17) is 4.74 Å². The Kier molecular flexibility index (Phi) is 4.19. The van der Waals surface area contributed by atoms with Gasteiger partial charge in [0.05, 0.1) is 7.11 Å². The van der Waals surface area contributed by atoms with Gasteiger partial charge in [0.2, 0.25) is 5.88 Å². The van der Waals surface area contributed by atoms with Gasteiger partial charge in [-0.15, -0.1) is 0 Å². The number of methoxy groups -OCH3 is 1. The van der Waals surface area contributed by atoms with Gasteiger partial charge in [0.15, 0.2) is 0 Å². The van der Waals surface area contributed by atoms with Crippen LogP contribution in [0.2, 0.25) is 0 Å². The summed E-state index contributed by atoms with van der Waals surface area (Å²) in [7, 11) is 1.67. The fourth-order valence-electron chi connectivity index (χ4n) is 2.61. The minimum atomic E-state index is 0.697. The van der Waals surface area contributed by atoms with Crippen molar-refractivity contribution >= 4 is 0 Å². The van der Waals surface area contributed by atoms with Crippen LogP contribution >= 0.6 is 0 Å². The van der Waals surface area contributed by atoms with E-state index in [9.17, 15) is 0 Å². The summed E-state index contributed by atoms with van der Waals surface area (Å²) < 4.78 is 5.44. The maximum Gasteiger partial charge on any atom is 0.216 e. The minimum absolute atomic E-state index is 0.697. The third-order valence-electron chi connectivity index (χ3n) is 3.87. The molecule has 2 heteroatoms. The van der Waals surface area contributed by atoms with E-state index in [1.807, 2.05) is 24.4 Å². The molecule has 1 heterocycles. The van der Waals surface area contributed by atoms with Crippen LogP contribution in [0.4, 0.5) is 0 Å². The predicted octanol–water partition coefficient (Wildman–Crippen LogP) is 4.66. The van der Waals surface area contributed by atoms with Crippen LogP contribution in [0.3, 0.4) is 0 Å². The molecule has 0 saturated carbocycles. The molecule has 0 radical (unpaired) electrons. The van der Waals surface area contributed by atoms with E-state index in [0.717, 1.165) is 17.5 Å². The van der Waals surface area contributed by atoms with E-state index in [1.165, 1.54) is 16.7 Å². The Bertz CT molecular complexity index is 766. The first-order chi connectivity index (χ1) is 10.8. The highest BCUT2D eigenvalue weighted by Crippen LogP contribution is 2.26. The molecule has 0 atom stereocenters. The lowest BCUT2D eigenvalue weighted by molar-refractivity contribution is 0.393. The summed E-state index contributed by atoms with van der Waals surface area (Å²) >= 11 is 0. The van der Waals surface area contributed by atoms with E-state index in [-0.39, 0.29) is 0 Å². The highest BCUT2D eigenvalue weighted by atomic mass is 16.5. The molecule has 22 heavy (non-hydrogen) atoms. The number of rotatable bonds is 4. The summed E-state index contributed by atoms with van der Waals surface area (Å²) in [6, 6.07) is 20.9. The molecule has 0 saturated heterocycles. The first kappa shape index (κ1) is 14.3. The number of hydrogen-bond donors (Lipinski definition) is 0. The van der Waals surface area contributed by atoms with Gasteiger partial charge < -0.3 is 4.74 Å². The molecule has 0 aliphatic carbocycles. The third-order valence-corrected chi connectivity index (χ3v) is 3.87. The maximum atomic E-state index is 5.44. The summed E-state index contributed by atoms with van der Waals surface area (Å²) in [5, 5.41) is 0. The second-order valence-electron chi connectivity index (χ2n) is 5.36. The molecule has 0 aliphatic heterocycles. The molecule has 0 spiro atoms. The van der Waals surface area contributed by atoms with Crippen molar-refractivity contribution in [3.63, 3.8) is 0 Å². The van der Waals surface area contributed by atoms with Crippen LogP contribution in [0, 0.1) is 6.92 Å². The third kappa shape index (κ3) is 3.01. The molecule has 0 fully saturated rings. The summed E-state index contributed by atoms with van der Waals surface area (Å²) in [4.78, 5) is 4.48. The monoisotopic (exact) mass is 289 g/mol. The molecule has 110 valence electrons. The lowest BCUT2D eigenvalue weighted by Crippen LogP contribution is -1.98. The van der Waals surface area contributed by atoms with Gasteiger partial charge in [-0.3, -0.25) is 0 Å². The molecule has 2 nitrogen and oxygen atoms in total. The zero-order valence-electron chi connectivity index (χ0n) is 12.9. The Morgan fingerprint density at radius 1 is 0.864 bits per heavy atom. The van der Waals surface area contributed by atoms with Gasteiger partial charge >= 0.3 is 0 Å². The highest BCUT2D eigenvalue weighted by Gasteiger charge is 2.09. The molecule has 0 amide bonds. The van der Waals surface area contributed by atoms with Crippen LogP contribution in [0.5, 0.6) is 5.88 Å². The van der Waals surface area contributed by atoms with E-state index in [2.05, 4.69) is 54.4 Å². The van der Waals surface area contributed by atoms with E-state index >= 15 is 0 Å². The molecular formula is C20H19NO. The molecule has 3 aromatic rings. The van der Waals surface area contributed by atoms with Gasteiger partial charge in [0.1, 0.15) is 0 Å². The van der Waals surface area contributed by atoms with Gasteiger partial charge in [0, 0.05) is 23.7 Å². The number of ether oxygens (including phenoxy) is 1. The molecule has 0 N–H and O–H groups in total. The van der Waals surface area contributed by atoms with Crippen LogP contribution in [0.25, 0.3) is 11.1 Å². The molecule has 1 aromatic heterocycles. The number of aromatic nitrogens is 1. The standard InChI is InChI=1S/C20H19NO/c1-15-8-6-7-11-17(15)12-18-13-19(14-21-20(18)22-2)16-9-4-3-5-10-16/h3-11,13-14H,12H2,1-2H3. The zero-order chi connectivity index (χ0) is 15.4. The molecule has 0 bridgehead atoms. The fourth-order valence-corrected chi connectivity index (χ4v) is 2.61. The van der Waals surface area contributed by atoms with Crippen molar-refractivity contribution in [3.8, 4) is 17.0 Å². The van der Waals surface area contributed by atoms with Gasteiger partial charge in [0.25, 0.3) is 0 Å². The Morgan fingerprint density at radius 2 is 1.59 bits per heavy atom. The topological polar surface area (TPSA) is 22.1 Å². The molecular weight excluding hydrogens is 270 g/mol. The first-order valence-electron chi connectivity index (χ1n) is 7.41. The van der Waals surface area contributed by atoms with Crippen molar-refractivity contribution in [1.29, 1.82) is 0 Å². The molecule has 3 rings (SSSR count). The van der Waals surface area contributed by atoms with E-state index in [0.29, 0.717) is 5.88 Å². The van der Waals surface area contributed by atoms with Crippen molar-refractivity contribution in [1.82, 2.24) is 4.98 Å². The van der Waals surface area contributed by atoms with Crippen LogP contribution in [-0.4, -0.2) is 12.1 Å². The largest absolute Gasteiger partial charge is 0.481 e. The number of pyridine rings is 1. The smallest absolute Gasteiger partial charge is 0.216 e. The van der Waals surface area contributed by atoms with Gasteiger partial charge in [-0.25, -0.2) is 4.98 Å². The number of nitrogens with zero attached hydrogens (tertiary/aromatic N) is 1. The normalized spacial score (nSPS) is 10.5. The van der Waals surface area contributed by atoms with Crippen LogP contribution in [-0.2, 0) is 6.42 Å². The fraction of sp³-hybridized carbons (Fsp3) is 0.150. The van der Waals surface area contributed by atoms with Crippen molar-refractivity contribution in [3.05, 3.63) is 83.6 Å². The van der Waals surface area contributed by atoms with E-state index < -0.39 is 0 Å². The van der Waals surface area contributed by atoms with Crippen LogP contribution in [0.15, 0.2) is 66.9 Å². The zero-order valence-corrected chi connectivity index (χ0v) is 12.9. The predicted molar refractivity (Wildman–Crippen MR) is 90.2 cm³/mol. The Hall–Kier alpha value is -2.61. The Morgan fingerprint density at radius 3 is 2.32 bits per heavy atom. The average Bonchev–Trinajstić information content (AvgIpc) is 2.58. The van der Waals surface area contributed by atoms with Gasteiger partial charge in [-0.2, -0.15) is 0 Å².